The summed E-state index contributed by atoms with van der Waals surface area (Å²) in [6.07, 6.45) is 0. The topological polar surface area (TPSA) is 76.8 Å². The summed E-state index contributed by atoms with van der Waals surface area (Å²) >= 11 is 0. The van der Waals surface area contributed by atoms with Crippen molar-refractivity contribution < 1.29 is 23.5 Å². The molecule has 3 rings (SSSR count). The van der Waals surface area contributed by atoms with Crippen LogP contribution >= 0.6 is 0 Å². The highest BCUT2D eigenvalue weighted by molar-refractivity contribution is 6.14. The van der Waals surface area contributed by atoms with Crippen LogP contribution in [0.25, 0.3) is 0 Å². The molecular weight excluding hydrogens is 382 g/mol. The lowest BCUT2D eigenvalue weighted by Crippen LogP contribution is -2.31. The molecule has 0 unspecified atom stereocenters. The van der Waals surface area contributed by atoms with Crippen LogP contribution in [0.1, 0.15) is 43.4 Å². The van der Waals surface area contributed by atoms with Gasteiger partial charge in [-0.2, -0.15) is 0 Å². The van der Waals surface area contributed by atoms with Gasteiger partial charge in [0.05, 0.1) is 12.1 Å². The van der Waals surface area contributed by atoms with Gasteiger partial charge in [0.1, 0.15) is 11.5 Å². The third-order valence-corrected chi connectivity index (χ3v) is 4.65. The van der Waals surface area contributed by atoms with Gasteiger partial charge in [-0.3, -0.25) is 9.59 Å². The van der Waals surface area contributed by atoms with Crippen molar-refractivity contribution in [3.8, 4) is 0 Å². The van der Waals surface area contributed by atoms with Gasteiger partial charge in [0.15, 0.2) is 12.4 Å². The quantitative estimate of drug-likeness (QED) is 0.440. The molecule has 2 aromatic carbocycles. The highest BCUT2D eigenvalue weighted by Crippen LogP contribution is 2.17. The number of amides is 1. The third-order valence-electron chi connectivity index (χ3n) is 4.65. The predicted molar refractivity (Wildman–Crippen MR) is 111 cm³/mol. The Kier molecular flexibility index (Phi) is 6.47. The molecule has 1 aromatic heterocycles. The molecule has 0 atom stereocenters. The van der Waals surface area contributed by atoms with Gasteiger partial charge in [0.25, 0.3) is 5.91 Å². The van der Waals surface area contributed by atoms with E-state index in [4.69, 9.17) is 9.15 Å². The first-order chi connectivity index (χ1) is 14.3. The Hall–Kier alpha value is -3.67. The van der Waals surface area contributed by atoms with Crippen LogP contribution in [0.5, 0.6) is 0 Å². The SMILES string of the molecule is Cc1ccc(C(=O)c2ccccc2C(=O)OCC(=O)N(C)Cc2ccc(C)o2)cc1. The van der Waals surface area contributed by atoms with Gasteiger partial charge in [-0.05, 0) is 32.0 Å². The van der Waals surface area contributed by atoms with Crippen molar-refractivity contribution in [2.24, 2.45) is 0 Å². The first-order valence-electron chi connectivity index (χ1n) is 9.52. The van der Waals surface area contributed by atoms with Crippen molar-refractivity contribution in [2.45, 2.75) is 20.4 Å². The van der Waals surface area contributed by atoms with Gasteiger partial charge in [-0.25, -0.2) is 4.79 Å². The van der Waals surface area contributed by atoms with E-state index in [1.807, 2.05) is 32.0 Å². The van der Waals surface area contributed by atoms with Gasteiger partial charge in [-0.1, -0.05) is 48.0 Å². The number of likely N-dealkylation sites (N-methyl/N-ethyl adjacent to an activating group) is 1. The zero-order chi connectivity index (χ0) is 21.7. The maximum absolute atomic E-state index is 12.8. The average Bonchev–Trinajstić information content (AvgIpc) is 3.16. The molecule has 0 radical (unpaired) electrons. The van der Waals surface area contributed by atoms with Crippen LogP contribution in [0, 0.1) is 13.8 Å². The Morgan fingerprint density at radius 3 is 2.20 bits per heavy atom. The van der Waals surface area contributed by atoms with Crippen molar-refractivity contribution in [1.29, 1.82) is 0 Å². The fourth-order valence-electron chi connectivity index (χ4n) is 2.93. The molecule has 6 heteroatoms. The highest BCUT2D eigenvalue weighted by atomic mass is 16.5. The molecule has 6 nitrogen and oxygen atoms in total. The summed E-state index contributed by atoms with van der Waals surface area (Å²) in [7, 11) is 1.60. The van der Waals surface area contributed by atoms with Crippen LogP contribution in [-0.2, 0) is 16.1 Å². The molecule has 0 spiro atoms. The second-order valence-corrected chi connectivity index (χ2v) is 7.08. The zero-order valence-electron chi connectivity index (χ0n) is 17.2. The molecule has 0 aliphatic carbocycles. The first kappa shape index (κ1) is 21.0. The number of rotatable bonds is 7. The first-order valence-corrected chi connectivity index (χ1v) is 9.52. The Morgan fingerprint density at radius 1 is 0.900 bits per heavy atom. The smallest absolute Gasteiger partial charge is 0.339 e. The van der Waals surface area contributed by atoms with Crippen LogP contribution in [0.3, 0.4) is 0 Å². The van der Waals surface area contributed by atoms with E-state index in [0.717, 1.165) is 11.3 Å². The third kappa shape index (κ3) is 5.03. The van der Waals surface area contributed by atoms with Gasteiger partial charge in [0.2, 0.25) is 0 Å². The molecule has 0 saturated heterocycles. The van der Waals surface area contributed by atoms with Crippen molar-refractivity contribution in [1.82, 2.24) is 4.90 Å². The zero-order valence-corrected chi connectivity index (χ0v) is 17.2. The second kappa shape index (κ2) is 9.22. The van der Waals surface area contributed by atoms with Crippen LogP contribution in [-0.4, -0.2) is 36.2 Å². The lowest BCUT2D eigenvalue weighted by Gasteiger charge is -2.16. The van der Waals surface area contributed by atoms with Gasteiger partial charge in [0, 0.05) is 18.2 Å². The molecule has 1 heterocycles. The maximum atomic E-state index is 12.8. The number of benzene rings is 2. The van der Waals surface area contributed by atoms with Gasteiger partial charge < -0.3 is 14.1 Å². The fourth-order valence-corrected chi connectivity index (χ4v) is 2.93. The molecule has 0 N–H and O–H groups in total. The summed E-state index contributed by atoms with van der Waals surface area (Å²) in [5.41, 5.74) is 1.87. The van der Waals surface area contributed by atoms with E-state index in [-0.39, 0.29) is 29.4 Å². The van der Waals surface area contributed by atoms with E-state index in [1.165, 1.54) is 11.0 Å². The molecule has 0 aliphatic heterocycles. The van der Waals surface area contributed by atoms with Crippen LogP contribution in [0.4, 0.5) is 0 Å². The standard InChI is InChI=1S/C24H23NO5/c1-16-8-11-18(12-9-16)23(27)20-6-4-5-7-21(20)24(28)29-15-22(26)25(3)14-19-13-10-17(2)30-19/h4-13H,14-15H2,1-3H3. The minimum atomic E-state index is -0.721. The van der Waals surface area contributed by atoms with E-state index < -0.39 is 12.6 Å². The molecule has 1 amide bonds. The van der Waals surface area contributed by atoms with Crippen LogP contribution in [0.2, 0.25) is 0 Å². The monoisotopic (exact) mass is 405 g/mol. The molecule has 0 aliphatic rings. The summed E-state index contributed by atoms with van der Waals surface area (Å²) in [6.45, 7) is 3.60. The molecule has 0 bridgehead atoms. The van der Waals surface area contributed by atoms with E-state index in [2.05, 4.69) is 0 Å². The van der Waals surface area contributed by atoms with Crippen molar-refractivity contribution in [2.75, 3.05) is 13.7 Å². The predicted octanol–water partition coefficient (Wildman–Crippen LogP) is 3.94. The Labute approximate surface area is 175 Å². The number of carbonyl (C=O) groups excluding carboxylic acids is 3. The molecule has 0 saturated carbocycles. The number of ketones is 1. The second-order valence-electron chi connectivity index (χ2n) is 7.08. The van der Waals surface area contributed by atoms with Crippen molar-refractivity contribution >= 4 is 17.7 Å². The van der Waals surface area contributed by atoms with Gasteiger partial charge >= 0.3 is 5.97 Å². The van der Waals surface area contributed by atoms with E-state index in [0.29, 0.717) is 11.3 Å². The number of aryl methyl sites for hydroxylation is 2. The number of nitrogens with zero attached hydrogens (tertiary/aromatic N) is 1. The molecule has 30 heavy (non-hydrogen) atoms. The average molecular weight is 405 g/mol. The van der Waals surface area contributed by atoms with E-state index in [1.54, 1.807) is 43.4 Å². The van der Waals surface area contributed by atoms with E-state index in [9.17, 15) is 14.4 Å². The van der Waals surface area contributed by atoms with Crippen LogP contribution in [0.15, 0.2) is 65.1 Å². The number of esters is 1. The minimum Gasteiger partial charge on any atom is -0.464 e. The lowest BCUT2D eigenvalue weighted by atomic mass is 9.98. The number of carbonyl (C=O) groups is 3. The maximum Gasteiger partial charge on any atom is 0.339 e. The number of hydrogen-bond acceptors (Lipinski definition) is 5. The van der Waals surface area contributed by atoms with Gasteiger partial charge in [-0.15, -0.1) is 0 Å². The summed E-state index contributed by atoms with van der Waals surface area (Å²) in [5, 5.41) is 0. The normalized spacial score (nSPS) is 10.5. The van der Waals surface area contributed by atoms with Crippen LogP contribution < -0.4 is 0 Å². The molecule has 3 aromatic rings. The fraction of sp³-hybridized carbons (Fsp3) is 0.208. The molecule has 154 valence electrons. The number of hydrogen-bond donors (Lipinski definition) is 0. The van der Waals surface area contributed by atoms with Crippen molar-refractivity contribution in [3.05, 3.63) is 94.4 Å². The van der Waals surface area contributed by atoms with Crippen molar-refractivity contribution in [3.63, 3.8) is 0 Å². The minimum absolute atomic E-state index is 0.125. The Morgan fingerprint density at radius 2 is 1.57 bits per heavy atom. The summed E-state index contributed by atoms with van der Waals surface area (Å²) in [6, 6.07) is 17.1. The molecular formula is C24H23NO5. The Balaban J connectivity index is 1.66. The summed E-state index contributed by atoms with van der Waals surface area (Å²) in [4.78, 5) is 39.1. The number of ether oxygens (including phenoxy) is 1. The summed E-state index contributed by atoms with van der Waals surface area (Å²) < 4.78 is 10.6. The lowest BCUT2D eigenvalue weighted by molar-refractivity contribution is -0.134. The number of furan rings is 1. The van der Waals surface area contributed by atoms with E-state index >= 15 is 0 Å². The Bertz CT molecular complexity index is 1070. The highest BCUT2D eigenvalue weighted by Gasteiger charge is 2.21. The largest absolute Gasteiger partial charge is 0.464 e. The summed E-state index contributed by atoms with van der Waals surface area (Å²) in [5.74, 6) is 0.0245. The molecule has 0 fully saturated rings.